The number of hydrogen-bond acceptors (Lipinski definition) is 3. The van der Waals surface area contributed by atoms with Gasteiger partial charge in [-0.25, -0.2) is 8.42 Å². The summed E-state index contributed by atoms with van der Waals surface area (Å²) in [4.78, 5) is 0.345. The average molecular weight is 381 g/mol. The van der Waals surface area contributed by atoms with Gasteiger partial charge in [-0.1, -0.05) is 34.1 Å². The molecule has 4 nitrogen and oxygen atoms in total. The summed E-state index contributed by atoms with van der Waals surface area (Å²) in [6.45, 7) is 4.78. The average Bonchev–Trinajstić information content (AvgIpc) is 2.49. The third-order valence-corrected chi connectivity index (χ3v) is 6.27. The number of anilines is 2. The minimum absolute atomic E-state index is 0.345. The van der Waals surface area contributed by atoms with E-state index in [0.29, 0.717) is 18.0 Å². The first-order chi connectivity index (χ1) is 10.4. The third-order valence-electron chi connectivity index (χ3n) is 3.84. The van der Waals surface area contributed by atoms with E-state index in [-0.39, 0.29) is 0 Å². The summed E-state index contributed by atoms with van der Waals surface area (Å²) in [7, 11) is -3.59. The SMILES string of the molecule is Cc1ccc(Br)cc1S(=O)(=O)N1CCNc2cccc(C)c21. The Labute approximate surface area is 139 Å². The van der Waals surface area contributed by atoms with Crippen LogP contribution in [0, 0.1) is 13.8 Å². The summed E-state index contributed by atoms with van der Waals surface area (Å²) >= 11 is 3.36. The molecule has 1 aliphatic rings. The molecule has 3 rings (SSSR count). The van der Waals surface area contributed by atoms with E-state index >= 15 is 0 Å². The largest absolute Gasteiger partial charge is 0.382 e. The number of halogens is 1. The van der Waals surface area contributed by atoms with E-state index in [1.54, 1.807) is 6.07 Å². The van der Waals surface area contributed by atoms with Gasteiger partial charge < -0.3 is 5.32 Å². The normalized spacial score (nSPS) is 14.4. The quantitative estimate of drug-likeness (QED) is 0.863. The van der Waals surface area contributed by atoms with Gasteiger partial charge in [-0.05, 0) is 43.2 Å². The molecule has 0 aliphatic carbocycles. The van der Waals surface area contributed by atoms with Crippen molar-refractivity contribution in [2.45, 2.75) is 18.7 Å². The maximum Gasteiger partial charge on any atom is 0.264 e. The van der Waals surface area contributed by atoms with Gasteiger partial charge in [-0.15, -0.1) is 0 Å². The topological polar surface area (TPSA) is 49.4 Å². The van der Waals surface area contributed by atoms with E-state index in [1.165, 1.54) is 4.31 Å². The molecule has 0 aromatic heterocycles. The molecule has 0 spiro atoms. The minimum atomic E-state index is -3.59. The van der Waals surface area contributed by atoms with Gasteiger partial charge in [0.15, 0.2) is 0 Å². The van der Waals surface area contributed by atoms with Crippen molar-refractivity contribution in [3.05, 3.63) is 52.0 Å². The van der Waals surface area contributed by atoms with Gasteiger partial charge in [-0.3, -0.25) is 4.31 Å². The molecule has 22 heavy (non-hydrogen) atoms. The van der Waals surface area contributed by atoms with Crippen molar-refractivity contribution in [3.8, 4) is 0 Å². The highest BCUT2D eigenvalue weighted by Crippen LogP contribution is 2.37. The number of para-hydroxylation sites is 1. The first-order valence-electron chi connectivity index (χ1n) is 7.03. The van der Waals surface area contributed by atoms with Crippen LogP contribution in [-0.4, -0.2) is 21.5 Å². The minimum Gasteiger partial charge on any atom is -0.382 e. The molecular formula is C16H17BrN2O2S. The molecule has 1 N–H and O–H groups in total. The van der Waals surface area contributed by atoms with Gasteiger partial charge in [0.25, 0.3) is 10.0 Å². The highest BCUT2D eigenvalue weighted by Gasteiger charge is 2.31. The van der Waals surface area contributed by atoms with E-state index in [4.69, 9.17) is 0 Å². The van der Waals surface area contributed by atoms with Gasteiger partial charge >= 0.3 is 0 Å². The summed E-state index contributed by atoms with van der Waals surface area (Å²) in [6, 6.07) is 11.1. The summed E-state index contributed by atoms with van der Waals surface area (Å²) < 4.78 is 28.6. The van der Waals surface area contributed by atoms with Gasteiger partial charge in [0.1, 0.15) is 0 Å². The Bertz CT molecular complexity index is 834. The number of sulfonamides is 1. The Morgan fingerprint density at radius 3 is 2.68 bits per heavy atom. The molecule has 1 heterocycles. The summed E-state index contributed by atoms with van der Waals surface area (Å²) in [5.74, 6) is 0. The van der Waals surface area contributed by atoms with Gasteiger partial charge in [-0.2, -0.15) is 0 Å². The van der Waals surface area contributed by atoms with E-state index in [1.807, 2.05) is 44.2 Å². The first kappa shape index (κ1) is 15.4. The fourth-order valence-corrected chi connectivity index (χ4v) is 5.06. The molecule has 0 unspecified atom stereocenters. The van der Waals surface area contributed by atoms with Crippen LogP contribution in [-0.2, 0) is 10.0 Å². The number of benzene rings is 2. The van der Waals surface area contributed by atoms with Crippen molar-refractivity contribution in [3.63, 3.8) is 0 Å². The number of fused-ring (bicyclic) bond motifs is 1. The number of nitrogens with one attached hydrogen (secondary N) is 1. The van der Waals surface area contributed by atoms with Crippen LogP contribution in [0.3, 0.4) is 0 Å². The molecule has 1 aliphatic heterocycles. The van der Waals surface area contributed by atoms with Crippen molar-refractivity contribution in [2.75, 3.05) is 22.7 Å². The third kappa shape index (κ3) is 2.50. The zero-order chi connectivity index (χ0) is 15.9. The van der Waals surface area contributed by atoms with Gasteiger partial charge in [0.2, 0.25) is 0 Å². The molecule has 0 amide bonds. The van der Waals surface area contributed by atoms with Crippen LogP contribution < -0.4 is 9.62 Å². The zero-order valence-corrected chi connectivity index (χ0v) is 14.8. The molecule has 2 aromatic rings. The number of aryl methyl sites for hydroxylation is 2. The highest BCUT2D eigenvalue weighted by atomic mass is 79.9. The molecule has 0 radical (unpaired) electrons. The molecule has 0 saturated carbocycles. The molecule has 0 bridgehead atoms. The fraction of sp³-hybridized carbons (Fsp3) is 0.250. The van der Waals surface area contributed by atoms with E-state index < -0.39 is 10.0 Å². The molecule has 2 aromatic carbocycles. The lowest BCUT2D eigenvalue weighted by Crippen LogP contribution is -2.39. The summed E-state index contributed by atoms with van der Waals surface area (Å²) in [5.41, 5.74) is 3.30. The van der Waals surface area contributed by atoms with E-state index in [0.717, 1.165) is 27.0 Å². The van der Waals surface area contributed by atoms with E-state index in [2.05, 4.69) is 21.2 Å². The Kier molecular flexibility index (Phi) is 3.91. The number of nitrogens with zero attached hydrogens (tertiary/aromatic N) is 1. The molecule has 0 saturated heterocycles. The Morgan fingerprint density at radius 1 is 1.14 bits per heavy atom. The highest BCUT2D eigenvalue weighted by molar-refractivity contribution is 9.10. The molecular weight excluding hydrogens is 364 g/mol. The first-order valence-corrected chi connectivity index (χ1v) is 9.27. The van der Waals surface area contributed by atoms with Crippen LogP contribution >= 0.6 is 15.9 Å². The van der Waals surface area contributed by atoms with E-state index in [9.17, 15) is 8.42 Å². The van der Waals surface area contributed by atoms with Gasteiger partial charge in [0, 0.05) is 11.0 Å². The molecule has 0 atom stereocenters. The van der Waals surface area contributed by atoms with Crippen LogP contribution in [0.5, 0.6) is 0 Å². The number of hydrogen-bond donors (Lipinski definition) is 1. The second-order valence-electron chi connectivity index (χ2n) is 5.38. The van der Waals surface area contributed by atoms with Crippen molar-refractivity contribution in [1.29, 1.82) is 0 Å². The molecule has 6 heteroatoms. The Morgan fingerprint density at radius 2 is 1.91 bits per heavy atom. The lowest BCUT2D eigenvalue weighted by Gasteiger charge is -2.33. The van der Waals surface area contributed by atoms with Gasteiger partial charge in [0.05, 0.1) is 22.8 Å². The second kappa shape index (κ2) is 5.59. The van der Waals surface area contributed by atoms with Crippen molar-refractivity contribution < 1.29 is 8.42 Å². The van der Waals surface area contributed by atoms with Crippen molar-refractivity contribution >= 4 is 37.3 Å². The molecule has 116 valence electrons. The predicted octanol–water partition coefficient (Wildman–Crippen LogP) is 3.69. The van der Waals surface area contributed by atoms with Crippen LogP contribution in [0.15, 0.2) is 45.8 Å². The smallest absolute Gasteiger partial charge is 0.264 e. The van der Waals surface area contributed by atoms with Crippen molar-refractivity contribution in [2.24, 2.45) is 0 Å². The molecule has 0 fully saturated rings. The standard InChI is InChI=1S/C16H17BrN2O2S/c1-11-6-7-13(17)10-15(11)22(20,21)19-9-8-18-14-5-3-4-12(2)16(14)19/h3-7,10,18H,8-9H2,1-2H3. The second-order valence-corrected chi connectivity index (χ2v) is 8.13. The van der Waals surface area contributed by atoms with Crippen LogP contribution in [0.25, 0.3) is 0 Å². The predicted molar refractivity (Wildman–Crippen MR) is 93.1 cm³/mol. The monoisotopic (exact) mass is 380 g/mol. The lowest BCUT2D eigenvalue weighted by atomic mass is 10.1. The fourth-order valence-electron chi connectivity index (χ4n) is 2.75. The Balaban J connectivity index is 2.18. The Hall–Kier alpha value is -1.53. The van der Waals surface area contributed by atoms with Crippen LogP contribution in [0.2, 0.25) is 0 Å². The van der Waals surface area contributed by atoms with Crippen molar-refractivity contribution in [1.82, 2.24) is 0 Å². The lowest BCUT2D eigenvalue weighted by molar-refractivity contribution is 0.590. The van der Waals surface area contributed by atoms with Crippen LogP contribution in [0.4, 0.5) is 11.4 Å². The maximum absolute atomic E-state index is 13.2. The van der Waals surface area contributed by atoms with Crippen LogP contribution in [0.1, 0.15) is 11.1 Å². The number of rotatable bonds is 2. The zero-order valence-electron chi connectivity index (χ0n) is 12.4. The summed E-state index contributed by atoms with van der Waals surface area (Å²) in [6.07, 6.45) is 0. The maximum atomic E-state index is 13.2. The summed E-state index contributed by atoms with van der Waals surface area (Å²) in [5, 5.41) is 3.27.